The number of esters is 2. The first kappa shape index (κ1) is 23.4. The second-order valence-electron chi connectivity index (χ2n) is 7.26. The number of benzene rings is 2. The molecule has 9 nitrogen and oxygen atoms in total. The fraction of sp³-hybridized carbons (Fsp3) is 0.318. The number of fused-ring (bicyclic) bond motifs is 1. The highest BCUT2D eigenvalue weighted by Gasteiger charge is 2.20. The average Bonchev–Trinajstić information content (AvgIpc) is 3.13. The second-order valence-corrected chi connectivity index (χ2v) is 9.41. The summed E-state index contributed by atoms with van der Waals surface area (Å²) in [6.45, 7) is 2.56. The van der Waals surface area contributed by atoms with Crippen molar-refractivity contribution in [3.8, 4) is 0 Å². The number of hydrogen-bond acceptors (Lipinski definition) is 7. The van der Waals surface area contributed by atoms with Gasteiger partial charge in [0.25, 0.3) is 0 Å². The number of rotatable bonds is 8. The minimum Gasteiger partial charge on any atom is -0.465 e. The van der Waals surface area contributed by atoms with Crippen molar-refractivity contribution in [1.82, 2.24) is 13.9 Å². The lowest BCUT2D eigenvalue weighted by Crippen LogP contribution is -2.22. The van der Waals surface area contributed by atoms with Gasteiger partial charge in [-0.2, -0.15) is 0 Å². The summed E-state index contributed by atoms with van der Waals surface area (Å²) in [5, 5.41) is 0. The Morgan fingerprint density at radius 3 is 2.22 bits per heavy atom. The number of carbonyl (C=O) groups is 2. The van der Waals surface area contributed by atoms with Crippen molar-refractivity contribution in [2.24, 2.45) is 0 Å². The third-order valence-electron chi connectivity index (χ3n) is 4.90. The Balaban J connectivity index is 1.85. The first-order valence-corrected chi connectivity index (χ1v) is 11.4. The molecule has 1 heterocycles. The summed E-state index contributed by atoms with van der Waals surface area (Å²) in [5.74, 6) is -0.540. The maximum Gasteiger partial charge on any atom is 0.338 e. The smallest absolute Gasteiger partial charge is 0.338 e. The van der Waals surface area contributed by atoms with E-state index < -0.39 is 22.0 Å². The largest absolute Gasteiger partial charge is 0.465 e. The van der Waals surface area contributed by atoms with Crippen LogP contribution in [-0.4, -0.2) is 55.4 Å². The van der Waals surface area contributed by atoms with E-state index in [1.807, 2.05) is 11.5 Å². The molecular weight excluding hydrogens is 434 g/mol. The van der Waals surface area contributed by atoms with Crippen molar-refractivity contribution in [3.05, 3.63) is 59.4 Å². The molecule has 32 heavy (non-hydrogen) atoms. The van der Waals surface area contributed by atoms with Crippen LogP contribution in [0.4, 0.5) is 0 Å². The van der Waals surface area contributed by atoms with E-state index in [0.29, 0.717) is 23.4 Å². The number of sulfonamides is 1. The number of aryl methyl sites for hydroxylation is 1. The average molecular weight is 460 g/mol. The lowest BCUT2D eigenvalue weighted by atomic mass is 10.1. The zero-order valence-electron chi connectivity index (χ0n) is 18.4. The number of carbonyl (C=O) groups excluding carboxylic acids is 2. The topological polar surface area (TPSA) is 108 Å². The monoisotopic (exact) mass is 459 g/mol. The van der Waals surface area contributed by atoms with Gasteiger partial charge >= 0.3 is 11.9 Å². The molecule has 3 aromatic rings. The first-order chi connectivity index (χ1) is 15.2. The quantitative estimate of drug-likeness (QED) is 0.477. The molecular formula is C22H25N3O6S. The van der Waals surface area contributed by atoms with Crippen LogP contribution in [0.15, 0.2) is 47.4 Å². The minimum absolute atomic E-state index is 0.0813. The van der Waals surface area contributed by atoms with Gasteiger partial charge in [-0.1, -0.05) is 6.92 Å². The lowest BCUT2D eigenvalue weighted by molar-refractivity contribution is 0.0457. The van der Waals surface area contributed by atoms with Crippen molar-refractivity contribution in [3.63, 3.8) is 0 Å². The summed E-state index contributed by atoms with van der Waals surface area (Å²) in [4.78, 5) is 28.6. The summed E-state index contributed by atoms with van der Waals surface area (Å²) in [7, 11) is 0.632. The van der Waals surface area contributed by atoms with Gasteiger partial charge in [-0.3, -0.25) is 0 Å². The van der Waals surface area contributed by atoms with Crippen molar-refractivity contribution in [2.75, 3.05) is 21.2 Å². The number of hydrogen-bond donors (Lipinski definition) is 0. The van der Waals surface area contributed by atoms with Crippen molar-refractivity contribution in [1.29, 1.82) is 0 Å². The number of aromatic nitrogens is 2. The SMILES string of the molecule is CCCn1c(COC(=O)c2ccc(C(=O)OC)cc2)nc2cc(S(=O)(=O)N(C)C)ccc21. The van der Waals surface area contributed by atoms with E-state index in [1.165, 1.54) is 51.5 Å². The van der Waals surface area contributed by atoms with E-state index >= 15 is 0 Å². The molecule has 0 spiro atoms. The molecule has 0 aliphatic carbocycles. The molecule has 0 bridgehead atoms. The molecule has 0 aliphatic heterocycles. The van der Waals surface area contributed by atoms with Crippen LogP contribution in [0.5, 0.6) is 0 Å². The molecule has 0 saturated heterocycles. The van der Waals surface area contributed by atoms with E-state index in [1.54, 1.807) is 12.1 Å². The summed E-state index contributed by atoms with van der Waals surface area (Å²) in [5.41, 5.74) is 1.89. The van der Waals surface area contributed by atoms with E-state index in [-0.39, 0.29) is 17.1 Å². The van der Waals surface area contributed by atoms with Gasteiger partial charge in [0.2, 0.25) is 10.0 Å². The Bertz CT molecular complexity index is 1250. The predicted molar refractivity (Wildman–Crippen MR) is 118 cm³/mol. The highest BCUT2D eigenvalue weighted by atomic mass is 32.2. The van der Waals surface area contributed by atoms with Crippen LogP contribution in [0.2, 0.25) is 0 Å². The van der Waals surface area contributed by atoms with Crippen LogP contribution in [0.25, 0.3) is 11.0 Å². The van der Waals surface area contributed by atoms with E-state index in [0.717, 1.165) is 16.2 Å². The van der Waals surface area contributed by atoms with Gasteiger partial charge in [-0.05, 0) is 48.9 Å². The Kier molecular flexibility index (Phi) is 6.95. The zero-order valence-corrected chi connectivity index (χ0v) is 19.2. The van der Waals surface area contributed by atoms with Crippen LogP contribution >= 0.6 is 0 Å². The molecule has 0 N–H and O–H groups in total. The van der Waals surface area contributed by atoms with Gasteiger partial charge < -0.3 is 14.0 Å². The van der Waals surface area contributed by atoms with Gasteiger partial charge in [0, 0.05) is 20.6 Å². The number of nitrogens with zero attached hydrogens (tertiary/aromatic N) is 3. The molecule has 3 rings (SSSR count). The predicted octanol–water partition coefficient (Wildman–Crippen LogP) is 2.84. The summed E-state index contributed by atoms with van der Waals surface area (Å²) in [6, 6.07) is 10.7. The van der Waals surface area contributed by atoms with Crippen molar-refractivity contribution in [2.45, 2.75) is 31.4 Å². The summed E-state index contributed by atoms with van der Waals surface area (Å²) in [6.07, 6.45) is 0.819. The van der Waals surface area contributed by atoms with Crippen molar-refractivity contribution < 1.29 is 27.5 Å². The normalized spacial score (nSPS) is 11.7. The third kappa shape index (κ3) is 4.66. The molecule has 2 aromatic carbocycles. The Morgan fingerprint density at radius 1 is 1.03 bits per heavy atom. The Labute approximate surface area is 186 Å². The maximum absolute atomic E-state index is 12.5. The number of ether oxygens (including phenoxy) is 2. The Hall–Kier alpha value is -3.24. The molecule has 0 aliphatic rings. The highest BCUT2D eigenvalue weighted by molar-refractivity contribution is 7.89. The molecule has 0 radical (unpaired) electrons. The fourth-order valence-corrected chi connectivity index (χ4v) is 4.11. The Morgan fingerprint density at radius 2 is 1.66 bits per heavy atom. The van der Waals surface area contributed by atoms with E-state index in [2.05, 4.69) is 9.72 Å². The van der Waals surface area contributed by atoms with Crippen LogP contribution in [0, 0.1) is 0 Å². The molecule has 0 amide bonds. The van der Waals surface area contributed by atoms with Crippen LogP contribution in [0.1, 0.15) is 39.9 Å². The van der Waals surface area contributed by atoms with Gasteiger partial charge in [0.05, 0.1) is 34.2 Å². The van der Waals surface area contributed by atoms with Crippen LogP contribution < -0.4 is 0 Å². The van der Waals surface area contributed by atoms with Gasteiger partial charge in [-0.25, -0.2) is 27.3 Å². The molecule has 0 atom stereocenters. The third-order valence-corrected chi connectivity index (χ3v) is 6.71. The molecule has 10 heteroatoms. The van der Waals surface area contributed by atoms with E-state index in [4.69, 9.17) is 4.74 Å². The highest BCUT2D eigenvalue weighted by Crippen LogP contribution is 2.23. The zero-order chi connectivity index (χ0) is 23.5. The molecule has 1 aromatic heterocycles. The standard InChI is InChI=1S/C22H25N3O6S/c1-5-12-25-19-11-10-17(32(28,29)24(2)3)13-18(19)23-20(25)14-31-22(27)16-8-6-15(7-9-16)21(26)30-4/h6-11,13H,5,12,14H2,1-4H3. The summed E-state index contributed by atoms with van der Waals surface area (Å²) < 4.78 is 38.0. The number of imidazole rings is 1. The van der Waals surface area contributed by atoms with Crippen LogP contribution in [-0.2, 0) is 32.6 Å². The van der Waals surface area contributed by atoms with Gasteiger partial charge in [-0.15, -0.1) is 0 Å². The first-order valence-electron chi connectivity index (χ1n) is 9.96. The second kappa shape index (κ2) is 9.49. The molecule has 0 saturated carbocycles. The molecule has 170 valence electrons. The molecule has 0 fully saturated rings. The van der Waals surface area contributed by atoms with Crippen LogP contribution in [0.3, 0.4) is 0 Å². The number of methoxy groups -OCH3 is 1. The summed E-state index contributed by atoms with van der Waals surface area (Å²) >= 11 is 0. The lowest BCUT2D eigenvalue weighted by Gasteiger charge is -2.11. The fourth-order valence-electron chi connectivity index (χ4n) is 3.19. The minimum atomic E-state index is -3.59. The van der Waals surface area contributed by atoms with E-state index in [9.17, 15) is 18.0 Å². The maximum atomic E-state index is 12.5. The van der Waals surface area contributed by atoms with Crippen molar-refractivity contribution >= 4 is 33.0 Å². The van der Waals surface area contributed by atoms with Gasteiger partial charge in [0.15, 0.2) is 0 Å². The van der Waals surface area contributed by atoms with Gasteiger partial charge in [0.1, 0.15) is 12.4 Å². The molecule has 0 unspecified atom stereocenters.